The van der Waals surface area contributed by atoms with Gasteiger partial charge in [-0.3, -0.25) is 14.4 Å². The number of halogens is 2. The average molecular weight is 606 g/mol. The average Bonchev–Trinajstić information content (AvgIpc) is 3.27. The van der Waals surface area contributed by atoms with Crippen molar-refractivity contribution in [2.75, 3.05) is 19.7 Å². The Hall–Kier alpha value is -4.27. The van der Waals surface area contributed by atoms with Gasteiger partial charge in [-0.1, -0.05) is 89.9 Å². The topological polar surface area (TPSA) is 121 Å². The van der Waals surface area contributed by atoms with Crippen LogP contribution in [0.5, 0.6) is 5.88 Å². The lowest BCUT2D eigenvalue weighted by atomic mass is 9.72. The minimum absolute atomic E-state index is 0.257. The SMILES string of the molecule is Cn1c(OCC(N)=O)c(-c2ccc(Cl)cc2Cl)c(-c2ccccc2)c1C(=O)N1CCC(C(N)=O)(c2ccccc2)CC1. The molecule has 216 valence electrons. The van der Waals surface area contributed by atoms with Gasteiger partial charge in [-0.25, -0.2) is 0 Å². The predicted molar refractivity (Wildman–Crippen MR) is 163 cm³/mol. The number of primary amides is 2. The van der Waals surface area contributed by atoms with Crippen LogP contribution in [0.3, 0.4) is 0 Å². The zero-order valence-electron chi connectivity index (χ0n) is 23.0. The number of rotatable bonds is 8. The summed E-state index contributed by atoms with van der Waals surface area (Å²) in [5.41, 5.74) is 14.1. The monoisotopic (exact) mass is 604 g/mol. The first-order valence-electron chi connectivity index (χ1n) is 13.4. The van der Waals surface area contributed by atoms with Gasteiger partial charge in [0.05, 0.1) is 16.0 Å². The first-order chi connectivity index (χ1) is 20.1. The smallest absolute Gasteiger partial charge is 0.271 e. The molecule has 0 radical (unpaired) electrons. The molecule has 1 aliphatic heterocycles. The number of hydrogen-bond donors (Lipinski definition) is 2. The van der Waals surface area contributed by atoms with E-state index in [4.69, 9.17) is 39.4 Å². The van der Waals surface area contributed by atoms with E-state index in [0.717, 1.165) is 11.1 Å². The Kier molecular flexibility index (Phi) is 8.29. The Bertz CT molecular complexity index is 1650. The van der Waals surface area contributed by atoms with Crippen LogP contribution < -0.4 is 16.2 Å². The van der Waals surface area contributed by atoms with Crippen LogP contribution in [0.2, 0.25) is 10.0 Å². The summed E-state index contributed by atoms with van der Waals surface area (Å²) >= 11 is 12.9. The second-order valence-electron chi connectivity index (χ2n) is 10.3. The van der Waals surface area contributed by atoms with Gasteiger partial charge in [0.15, 0.2) is 6.61 Å². The molecule has 1 fully saturated rings. The molecule has 5 rings (SSSR count). The van der Waals surface area contributed by atoms with Crippen molar-refractivity contribution in [2.24, 2.45) is 18.5 Å². The molecule has 0 aliphatic carbocycles. The van der Waals surface area contributed by atoms with Crippen molar-refractivity contribution >= 4 is 40.9 Å². The van der Waals surface area contributed by atoms with Gasteiger partial charge in [-0.2, -0.15) is 0 Å². The highest BCUT2D eigenvalue weighted by Gasteiger charge is 2.43. The third kappa shape index (κ3) is 5.35. The molecule has 1 saturated heterocycles. The summed E-state index contributed by atoms with van der Waals surface area (Å²) < 4.78 is 7.56. The molecule has 0 atom stereocenters. The standard InChI is InChI=1S/C32H30Cl2N4O4/c1-37-28(29(40)38-16-14-32(15-17-38,31(36)41)21-10-6-3-7-11-21)26(20-8-4-2-5-9-20)27(30(37)42-19-25(35)39)23-13-12-22(33)18-24(23)34/h2-13,18H,14-17,19H2,1H3,(H2,35,39)(H2,36,41). The van der Waals surface area contributed by atoms with Crippen LogP contribution in [0, 0.1) is 0 Å². The molecule has 8 nitrogen and oxygen atoms in total. The Balaban J connectivity index is 1.63. The number of aromatic nitrogens is 1. The second kappa shape index (κ2) is 11.9. The zero-order chi connectivity index (χ0) is 30.0. The summed E-state index contributed by atoms with van der Waals surface area (Å²) in [7, 11) is 1.70. The first-order valence-corrected chi connectivity index (χ1v) is 14.2. The van der Waals surface area contributed by atoms with Crippen LogP contribution in [-0.4, -0.2) is 46.9 Å². The number of ether oxygens (including phenoxy) is 1. The maximum absolute atomic E-state index is 14.4. The van der Waals surface area contributed by atoms with Crippen LogP contribution >= 0.6 is 23.2 Å². The van der Waals surface area contributed by atoms with Gasteiger partial charge in [0.2, 0.25) is 11.8 Å². The van der Waals surface area contributed by atoms with E-state index >= 15 is 0 Å². The molecule has 3 aromatic carbocycles. The highest BCUT2D eigenvalue weighted by Crippen LogP contribution is 2.47. The molecule has 1 aromatic heterocycles. The number of piperidine rings is 1. The summed E-state index contributed by atoms with van der Waals surface area (Å²) in [5.74, 6) is -1.08. The van der Waals surface area contributed by atoms with Gasteiger partial charge >= 0.3 is 0 Å². The van der Waals surface area contributed by atoms with Crippen molar-refractivity contribution < 1.29 is 19.1 Å². The minimum Gasteiger partial charge on any atom is -0.468 e. The molecular formula is C32H30Cl2N4O4. The molecule has 4 aromatic rings. The molecule has 10 heteroatoms. The number of nitrogens with zero attached hydrogens (tertiary/aromatic N) is 2. The van der Waals surface area contributed by atoms with Gasteiger partial charge in [-0.15, -0.1) is 0 Å². The lowest BCUT2D eigenvalue weighted by Gasteiger charge is -2.40. The van der Waals surface area contributed by atoms with E-state index in [0.29, 0.717) is 58.4 Å². The molecular weight excluding hydrogens is 575 g/mol. The quantitative estimate of drug-likeness (QED) is 0.287. The van der Waals surface area contributed by atoms with E-state index in [-0.39, 0.29) is 11.8 Å². The number of carbonyl (C=O) groups is 3. The van der Waals surface area contributed by atoms with Crippen LogP contribution in [0.25, 0.3) is 22.3 Å². The number of amides is 3. The van der Waals surface area contributed by atoms with Gasteiger partial charge < -0.3 is 25.7 Å². The van der Waals surface area contributed by atoms with Crippen molar-refractivity contribution in [3.63, 3.8) is 0 Å². The summed E-state index contributed by atoms with van der Waals surface area (Å²) in [6.45, 7) is 0.217. The van der Waals surface area contributed by atoms with Crippen molar-refractivity contribution in [2.45, 2.75) is 18.3 Å². The molecule has 42 heavy (non-hydrogen) atoms. The second-order valence-corrected chi connectivity index (χ2v) is 11.2. The molecule has 3 amide bonds. The van der Waals surface area contributed by atoms with E-state index in [1.54, 1.807) is 34.7 Å². The molecule has 0 bridgehead atoms. The number of likely N-dealkylation sites (tertiary alicyclic amines) is 1. The molecule has 1 aliphatic rings. The van der Waals surface area contributed by atoms with Gasteiger partial charge in [0.1, 0.15) is 5.69 Å². The van der Waals surface area contributed by atoms with Crippen LogP contribution in [-0.2, 0) is 22.1 Å². The fourth-order valence-electron chi connectivity index (χ4n) is 5.72. The molecule has 4 N–H and O–H groups in total. The van der Waals surface area contributed by atoms with Crippen LogP contribution in [0.1, 0.15) is 28.9 Å². The molecule has 0 unspecified atom stereocenters. The Morgan fingerprint density at radius 2 is 1.50 bits per heavy atom. The van der Waals surface area contributed by atoms with E-state index in [2.05, 4.69) is 0 Å². The van der Waals surface area contributed by atoms with Gasteiger partial charge in [0.25, 0.3) is 11.8 Å². The van der Waals surface area contributed by atoms with Crippen molar-refractivity contribution in [1.82, 2.24) is 9.47 Å². The third-order valence-corrected chi connectivity index (χ3v) is 8.41. The summed E-state index contributed by atoms with van der Waals surface area (Å²) in [6, 6.07) is 23.9. The van der Waals surface area contributed by atoms with E-state index in [1.165, 1.54) is 0 Å². The van der Waals surface area contributed by atoms with Crippen LogP contribution in [0.4, 0.5) is 0 Å². The highest BCUT2D eigenvalue weighted by atomic mass is 35.5. The number of hydrogen-bond acceptors (Lipinski definition) is 4. The van der Waals surface area contributed by atoms with Gasteiger partial charge in [-0.05, 0) is 36.1 Å². The Labute approximate surface area is 253 Å². The first kappa shape index (κ1) is 29.2. The summed E-state index contributed by atoms with van der Waals surface area (Å²) in [5, 5.41) is 0.793. The van der Waals surface area contributed by atoms with Crippen LogP contribution in [0.15, 0.2) is 78.9 Å². The van der Waals surface area contributed by atoms with Crippen molar-refractivity contribution in [3.8, 4) is 28.1 Å². The summed E-state index contributed by atoms with van der Waals surface area (Å²) in [6.07, 6.45) is 0.758. The molecule has 2 heterocycles. The van der Waals surface area contributed by atoms with E-state index < -0.39 is 23.8 Å². The number of benzene rings is 3. The third-order valence-electron chi connectivity index (χ3n) is 7.86. The molecule has 0 saturated carbocycles. The predicted octanol–water partition coefficient (Wildman–Crippen LogP) is 5.19. The Morgan fingerprint density at radius 3 is 2.07 bits per heavy atom. The van der Waals surface area contributed by atoms with E-state index in [9.17, 15) is 14.4 Å². The zero-order valence-corrected chi connectivity index (χ0v) is 24.5. The fourth-order valence-corrected chi connectivity index (χ4v) is 6.23. The highest BCUT2D eigenvalue weighted by molar-refractivity contribution is 6.36. The Morgan fingerprint density at radius 1 is 0.881 bits per heavy atom. The lowest BCUT2D eigenvalue weighted by Crippen LogP contribution is -2.51. The minimum atomic E-state index is -0.869. The normalized spacial score (nSPS) is 14.4. The van der Waals surface area contributed by atoms with Crippen molar-refractivity contribution in [3.05, 3.63) is 100 Å². The number of nitrogens with two attached hydrogens (primary N) is 2. The number of carbonyl (C=O) groups excluding carboxylic acids is 3. The fraction of sp³-hybridized carbons (Fsp3) is 0.219. The van der Waals surface area contributed by atoms with Gasteiger partial charge in [0, 0.05) is 36.3 Å². The maximum Gasteiger partial charge on any atom is 0.271 e. The van der Waals surface area contributed by atoms with Crippen molar-refractivity contribution in [1.29, 1.82) is 0 Å². The lowest BCUT2D eigenvalue weighted by molar-refractivity contribution is -0.125. The maximum atomic E-state index is 14.4. The summed E-state index contributed by atoms with van der Waals surface area (Å²) in [4.78, 5) is 40.6. The molecule has 0 spiro atoms. The van der Waals surface area contributed by atoms with E-state index in [1.807, 2.05) is 60.7 Å². The largest absolute Gasteiger partial charge is 0.468 e.